The van der Waals surface area contributed by atoms with Crippen molar-refractivity contribution in [1.29, 1.82) is 0 Å². The average molecular weight is 325 g/mol. The molecular weight excluding hydrogens is 311 g/mol. The van der Waals surface area contributed by atoms with E-state index in [1.807, 2.05) is 11.2 Å². The van der Waals surface area contributed by atoms with Gasteiger partial charge in [0.25, 0.3) is 5.56 Å². The summed E-state index contributed by atoms with van der Waals surface area (Å²) in [5.74, 6) is 0.615. The van der Waals surface area contributed by atoms with Crippen LogP contribution >= 0.6 is 0 Å². The maximum Gasteiger partial charge on any atom is 0.423 e. The second-order valence-electron chi connectivity index (χ2n) is 5.29. The molecule has 8 heteroatoms. The number of ether oxygens (including phenoxy) is 1. The largest absolute Gasteiger partial charge is 0.496 e. The molecule has 0 radical (unpaired) electrons. The number of aromatic amines is 1. The third-order valence-electron chi connectivity index (χ3n) is 4.03. The molecule has 1 N–H and O–H groups in total. The lowest BCUT2D eigenvalue weighted by atomic mass is 10.0. The molecule has 5 nitrogen and oxygen atoms in total. The lowest BCUT2D eigenvalue weighted by Crippen LogP contribution is -2.30. The highest BCUT2D eigenvalue weighted by Gasteiger charge is 2.41. The van der Waals surface area contributed by atoms with E-state index >= 15 is 0 Å². The van der Waals surface area contributed by atoms with Gasteiger partial charge in [-0.25, -0.2) is 5.10 Å². The van der Waals surface area contributed by atoms with Gasteiger partial charge in [0.05, 0.1) is 25.0 Å². The van der Waals surface area contributed by atoms with Gasteiger partial charge in [-0.3, -0.25) is 4.79 Å². The Morgan fingerprint density at radius 3 is 2.78 bits per heavy atom. The van der Waals surface area contributed by atoms with Crippen LogP contribution in [-0.2, 0) is 12.7 Å². The third kappa shape index (κ3) is 2.43. The molecule has 1 aromatic carbocycles. The lowest BCUT2D eigenvalue weighted by Gasteiger charge is -2.26. The first-order chi connectivity index (χ1) is 10.8. The highest BCUT2D eigenvalue weighted by atomic mass is 19.4. The topological polar surface area (TPSA) is 58.2 Å². The first-order valence-corrected chi connectivity index (χ1v) is 6.92. The van der Waals surface area contributed by atoms with E-state index in [1.54, 1.807) is 19.1 Å². The molecule has 0 spiro atoms. The maximum absolute atomic E-state index is 13.3. The number of benzene rings is 1. The lowest BCUT2D eigenvalue weighted by molar-refractivity contribution is -0.138. The van der Waals surface area contributed by atoms with E-state index in [9.17, 15) is 18.0 Å². The Labute approximate surface area is 129 Å². The van der Waals surface area contributed by atoms with Crippen LogP contribution < -0.4 is 15.2 Å². The number of alkyl halides is 3. The van der Waals surface area contributed by atoms with Gasteiger partial charge in [-0.15, -0.1) is 0 Å². The van der Waals surface area contributed by atoms with Gasteiger partial charge in [0.1, 0.15) is 11.3 Å². The van der Waals surface area contributed by atoms with Crippen molar-refractivity contribution in [2.45, 2.75) is 25.7 Å². The van der Waals surface area contributed by atoms with Crippen molar-refractivity contribution in [2.75, 3.05) is 12.0 Å². The quantitative estimate of drug-likeness (QED) is 0.922. The normalized spacial score (nSPS) is 17.3. The number of rotatable bonds is 2. The molecule has 0 bridgehead atoms. The van der Waals surface area contributed by atoms with Crippen LogP contribution in [0.2, 0.25) is 0 Å². The zero-order valence-electron chi connectivity index (χ0n) is 12.4. The van der Waals surface area contributed by atoms with Gasteiger partial charge < -0.3 is 9.64 Å². The van der Waals surface area contributed by atoms with Gasteiger partial charge in [-0.2, -0.15) is 18.3 Å². The van der Waals surface area contributed by atoms with Crippen molar-refractivity contribution in [2.24, 2.45) is 0 Å². The maximum atomic E-state index is 13.3. The fraction of sp³-hybridized carbons (Fsp3) is 0.333. The molecule has 1 aliphatic heterocycles. The fourth-order valence-electron chi connectivity index (χ4n) is 3.03. The predicted molar refractivity (Wildman–Crippen MR) is 77.5 cm³/mol. The van der Waals surface area contributed by atoms with Crippen LogP contribution in [0.5, 0.6) is 5.75 Å². The number of anilines is 1. The van der Waals surface area contributed by atoms with Crippen molar-refractivity contribution in [3.8, 4) is 5.75 Å². The number of aromatic nitrogens is 2. The van der Waals surface area contributed by atoms with Crippen molar-refractivity contribution < 1.29 is 17.9 Å². The summed E-state index contributed by atoms with van der Waals surface area (Å²) >= 11 is 0. The first kappa shape index (κ1) is 15.4. The summed E-state index contributed by atoms with van der Waals surface area (Å²) in [5, 5.41) is 5.38. The SMILES string of the molecule is COc1cccc2c1C(C)N(c1cn[nH]c(=O)c1C(F)(F)F)C2. The number of methoxy groups -OCH3 is 1. The molecule has 0 fully saturated rings. The molecule has 2 heterocycles. The van der Waals surface area contributed by atoms with Crippen molar-refractivity contribution in [3.63, 3.8) is 0 Å². The molecule has 1 unspecified atom stereocenters. The summed E-state index contributed by atoms with van der Waals surface area (Å²) in [7, 11) is 1.51. The van der Waals surface area contributed by atoms with Crippen LogP contribution in [0.3, 0.4) is 0 Å². The average Bonchev–Trinajstić information content (AvgIpc) is 2.83. The Bertz CT molecular complexity index is 801. The van der Waals surface area contributed by atoms with E-state index in [-0.39, 0.29) is 18.3 Å². The molecule has 0 aliphatic carbocycles. The van der Waals surface area contributed by atoms with Crippen LogP contribution in [0.25, 0.3) is 0 Å². The van der Waals surface area contributed by atoms with Crippen LogP contribution in [0.1, 0.15) is 29.7 Å². The van der Waals surface area contributed by atoms with Gasteiger partial charge >= 0.3 is 6.18 Å². The monoisotopic (exact) mass is 325 g/mol. The van der Waals surface area contributed by atoms with E-state index in [1.165, 1.54) is 12.0 Å². The standard InChI is InChI=1S/C15H14F3N3O2/c1-8-12-9(4-3-5-11(12)23-2)7-21(8)10-6-19-20-14(22)13(10)15(16,17)18/h3-6,8H,7H2,1-2H3,(H,20,22). The minimum Gasteiger partial charge on any atom is -0.496 e. The van der Waals surface area contributed by atoms with Crippen molar-refractivity contribution in [1.82, 2.24) is 10.2 Å². The number of fused-ring (bicyclic) bond motifs is 1. The zero-order valence-corrected chi connectivity index (χ0v) is 12.4. The van der Waals surface area contributed by atoms with Gasteiger partial charge in [-0.1, -0.05) is 12.1 Å². The predicted octanol–water partition coefficient (Wildman–Crippen LogP) is 2.88. The number of nitrogens with one attached hydrogen (secondary N) is 1. The van der Waals surface area contributed by atoms with E-state index in [4.69, 9.17) is 4.74 Å². The van der Waals surface area contributed by atoms with Crippen LogP contribution in [0, 0.1) is 0 Å². The summed E-state index contributed by atoms with van der Waals surface area (Å²) in [6, 6.07) is 5.02. The Morgan fingerprint density at radius 2 is 2.13 bits per heavy atom. The Kier molecular flexibility index (Phi) is 3.54. The number of nitrogens with zero attached hydrogens (tertiary/aromatic N) is 2. The summed E-state index contributed by atoms with van der Waals surface area (Å²) in [6.07, 6.45) is -3.72. The Hall–Kier alpha value is -2.51. The molecule has 122 valence electrons. The molecule has 1 atom stereocenters. The van der Waals surface area contributed by atoms with Crippen molar-refractivity contribution in [3.05, 3.63) is 51.4 Å². The summed E-state index contributed by atoms with van der Waals surface area (Å²) in [4.78, 5) is 13.2. The van der Waals surface area contributed by atoms with E-state index in [0.717, 1.165) is 17.3 Å². The minimum atomic E-state index is -4.76. The zero-order chi connectivity index (χ0) is 16.8. The first-order valence-electron chi connectivity index (χ1n) is 6.92. The highest BCUT2D eigenvalue weighted by Crippen LogP contribution is 2.44. The summed E-state index contributed by atoms with van der Waals surface area (Å²) in [5.41, 5.74) is -1.02. The molecular formula is C15H14F3N3O2. The highest BCUT2D eigenvalue weighted by molar-refractivity contribution is 5.60. The van der Waals surface area contributed by atoms with E-state index in [2.05, 4.69) is 5.10 Å². The molecule has 0 saturated carbocycles. The van der Waals surface area contributed by atoms with E-state index in [0.29, 0.717) is 5.75 Å². The summed E-state index contributed by atoms with van der Waals surface area (Å²) in [6.45, 7) is 2.03. The summed E-state index contributed by atoms with van der Waals surface area (Å²) < 4.78 is 45.1. The molecule has 3 rings (SSSR count). The van der Waals surface area contributed by atoms with Crippen molar-refractivity contribution >= 4 is 5.69 Å². The Balaban J connectivity index is 2.13. The molecule has 1 aliphatic rings. The number of hydrogen-bond acceptors (Lipinski definition) is 4. The van der Waals surface area contributed by atoms with Crippen LogP contribution in [0.15, 0.2) is 29.2 Å². The van der Waals surface area contributed by atoms with Gasteiger partial charge in [0, 0.05) is 12.1 Å². The molecule has 0 saturated heterocycles. The second-order valence-corrected chi connectivity index (χ2v) is 5.29. The van der Waals surface area contributed by atoms with E-state index < -0.39 is 17.3 Å². The second kappa shape index (κ2) is 5.29. The molecule has 23 heavy (non-hydrogen) atoms. The molecule has 1 aromatic heterocycles. The molecule has 2 aromatic rings. The van der Waals surface area contributed by atoms with Crippen LogP contribution in [0.4, 0.5) is 18.9 Å². The molecule has 0 amide bonds. The minimum absolute atomic E-state index is 0.230. The number of hydrogen-bond donors (Lipinski definition) is 1. The smallest absolute Gasteiger partial charge is 0.423 e. The fourth-order valence-corrected chi connectivity index (χ4v) is 3.03. The van der Waals surface area contributed by atoms with Gasteiger partial charge in [-0.05, 0) is 18.6 Å². The third-order valence-corrected chi connectivity index (χ3v) is 4.03. The van der Waals surface area contributed by atoms with Crippen LogP contribution in [-0.4, -0.2) is 17.3 Å². The Morgan fingerprint density at radius 1 is 1.39 bits per heavy atom. The number of halogens is 3. The number of H-pyrrole nitrogens is 1. The van der Waals surface area contributed by atoms with Gasteiger partial charge in [0.2, 0.25) is 0 Å². The van der Waals surface area contributed by atoms with Gasteiger partial charge in [0.15, 0.2) is 0 Å².